The highest BCUT2D eigenvalue weighted by atomic mass is 16.5. The number of aryl methyl sites for hydroxylation is 1. The molecule has 0 radical (unpaired) electrons. The molecule has 2 aromatic rings. The van der Waals surface area contributed by atoms with Gasteiger partial charge in [0.1, 0.15) is 0 Å². The zero-order chi connectivity index (χ0) is 15.4. The summed E-state index contributed by atoms with van der Waals surface area (Å²) in [4.78, 5) is 16.3. The summed E-state index contributed by atoms with van der Waals surface area (Å²) >= 11 is 0. The second-order valence-corrected chi connectivity index (χ2v) is 5.43. The van der Waals surface area contributed by atoms with Gasteiger partial charge < -0.3 is 14.6 Å². The fraction of sp³-hybridized carbons (Fsp3) is 0.500. The number of benzene rings is 1. The number of hydrogen-bond donors (Lipinski definition) is 1. The molecule has 1 aromatic carbocycles. The van der Waals surface area contributed by atoms with E-state index in [1.54, 1.807) is 12.1 Å². The normalized spacial score (nSPS) is 11.1. The number of ether oxygens (including phenoxy) is 1. The van der Waals surface area contributed by atoms with Crippen LogP contribution in [0.5, 0.6) is 0 Å². The Hall–Kier alpha value is -2.04. The quantitative estimate of drug-likeness (QED) is 0.828. The average Bonchev–Trinajstić information content (AvgIpc) is 2.79. The lowest BCUT2D eigenvalue weighted by molar-refractivity contribution is 0.0601. The number of nitrogens with zero attached hydrogens (tertiary/aromatic N) is 2. The van der Waals surface area contributed by atoms with E-state index in [4.69, 9.17) is 4.74 Å². The fourth-order valence-electron chi connectivity index (χ4n) is 2.29. The van der Waals surface area contributed by atoms with Crippen LogP contribution in [0.1, 0.15) is 44.0 Å². The Morgan fingerprint density at radius 1 is 1.43 bits per heavy atom. The Morgan fingerprint density at radius 2 is 2.19 bits per heavy atom. The minimum atomic E-state index is -0.335. The highest BCUT2D eigenvalue weighted by Crippen LogP contribution is 2.22. The van der Waals surface area contributed by atoms with Crippen LogP contribution in [0, 0.1) is 0 Å². The molecule has 5 nitrogen and oxygen atoms in total. The largest absolute Gasteiger partial charge is 0.465 e. The van der Waals surface area contributed by atoms with Gasteiger partial charge in [-0.1, -0.05) is 13.3 Å². The van der Waals surface area contributed by atoms with E-state index in [1.807, 2.05) is 6.07 Å². The molecule has 1 aromatic heterocycles. The third-order valence-corrected chi connectivity index (χ3v) is 3.32. The second kappa shape index (κ2) is 6.61. The molecule has 0 atom stereocenters. The van der Waals surface area contributed by atoms with Gasteiger partial charge >= 0.3 is 5.97 Å². The van der Waals surface area contributed by atoms with E-state index in [9.17, 15) is 4.79 Å². The summed E-state index contributed by atoms with van der Waals surface area (Å²) in [7, 11) is 1.39. The number of nitrogens with one attached hydrogen (secondary N) is 1. The maximum atomic E-state index is 11.6. The molecule has 0 fully saturated rings. The number of carbonyl (C=O) groups is 1. The highest BCUT2D eigenvalue weighted by Gasteiger charge is 2.14. The van der Waals surface area contributed by atoms with Crippen molar-refractivity contribution in [3.05, 3.63) is 23.8 Å². The zero-order valence-electron chi connectivity index (χ0n) is 13.1. The predicted octanol–water partition coefficient (Wildman–Crippen LogP) is 3.44. The minimum Gasteiger partial charge on any atom is -0.465 e. The van der Waals surface area contributed by atoms with Crippen LogP contribution in [0.4, 0.5) is 5.95 Å². The third-order valence-electron chi connectivity index (χ3n) is 3.32. The predicted molar refractivity (Wildman–Crippen MR) is 84.7 cm³/mol. The molecular weight excluding hydrogens is 266 g/mol. The van der Waals surface area contributed by atoms with Crippen LogP contribution >= 0.6 is 0 Å². The van der Waals surface area contributed by atoms with Gasteiger partial charge in [0.2, 0.25) is 5.95 Å². The molecule has 0 amide bonds. The van der Waals surface area contributed by atoms with Gasteiger partial charge in [0, 0.05) is 12.6 Å². The van der Waals surface area contributed by atoms with Gasteiger partial charge in [-0.2, -0.15) is 0 Å². The van der Waals surface area contributed by atoms with Crippen LogP contribution in [0.3, 0.4) is 0 Å². The van der Waals surface area contributed by atoms with Gasteiger partial charge in [0.05, 0.1) is 23.7 Å². The Kier molecular flexibility index (Phi) is 4.83. The van der Waals surface area contributed by atoms with Gasteiger partial charge in [-0.05, 0) is 38.5 Å². The maximum absolute atomic E-state index is 11.6. The molecule has 114 valence electrons. The van der Waals surface area contributed by atoms with Crippen LogP contribution in [-0.2, 0) is 11.3 Å². The van der Waals surface area contributed by atoms with Crippen molar-refractivity contribution >= 4 is 23.0 Å². The zero-order valence-corrected chi connectivity index (χ0v) is 13.1. The number of carbonyl (C=O) groups excluding carboxylic acids is 1. The molecule has 5 heteroatoms. The van der Waals surface area contributed by atoms with Gasteiger partial charge in [-0.15, -0.1) is 0 Å². The lowest BCUT2D eigenvalue weighted by Crippen LogP contribution is -2.14. The summed E-state index contributed by atoms with van der Waals surface area (Å²) < 4.78 is 6.94. The highest BCUT2D eigenvalue weighted by molar-refractivity contribution is 5.94. The van der Waals surface area contributed by atoms with Crippen LogP contribution in [0.2, 0.25) is 0 Å². The summed E-state index contributed by atoms with van der Waals surface area (Å²) in [6.45, 7) is 7.26. The molecule has 1 N–H and O–H groups in total. The smallest absolute Gasteiger partial charge is 0.337 e. The SMILES string of the molecule is CCCCn1c(NC(C)C)nc2cc(C(=O)OC)ccc21. The molecule has 0 saturated heterocycles. The van der Waals surface area contributed by atoms with Crippen LogP contribution in [0.15, 0.2) is 18.2 Å². The molecule has 1 heterocycles. The van der Waals surface area contributed by atoms with E-state index in [0.717, 1.165) is 36.4 Å². The van der Waals surface area contributed by atoms with Crippen LogP contribution in [-0.4, -0.2) is 28.7 Å². The summed E-state index contributed by atoms with van der Waals surface area (Å²) in [5, 5.41) is 3.37. The fourth-order valence-corrected chi connectivity index (χ4v) is 2.29. The van der Waals surface area contributed by atoms with Gasteiger partial charge in [0.15, 0.2) is 0 Å². The molecular formula is C16H23N3O2. The molecule has 2 rings (SSSR count). The molecule has 0 saturated carbocycles. The Labute approximate surface area is 125 Å². The maximum Gasteiger partial charge on any atom is 0.337 e. The van der Waals surface area contributed by atoms with Crippen molar-refractivity contribution < 1.29 is 9.53 Å². The number of imidazole rings is 1. The van der Waals surface area contributed by atoms with Crippen molar-refractivity contribution in [1.82, 2.24) is 9.55 Å². The summed E-state index contributed by atoms with van der Waals surface area (Å²) in [5.41, 5.74) is 2.39. The Balaban J connectivity index is 2.47. The molecule has 0 unspecified atom stereocenters. The average molecular weight is 289 g/mol. The van der Waals surface area contributed by atoms with Crippen LogP contribution in [0.25, 0.3) is 11.0 Å². The molecule has 0 aliphatic rings. The first-order chi connectivity index (χ1) is 10.1. The number of anilines is 1. The lowest BCUT2D eigenvalue weighted by atomic mass is 10.2. The number of hydrogen-bond acceptors (Lipinski definition) is 4. The van der Waals surface area contributed by atoms with E-state index in [0.29, 0.717) is 11.6 Å². The van der Waals surface area contributed by atoms with Crippen molar-refractivity contribution in [2.75, 3.05) is 12.4 Å². The second-order valence-electron chi connectivity index (χ2n) is 5.43. The monoisotopic (exact) mass is 289 g/mol. The Bertz CT molecular complexity index is 632. The summed E-state index contributed by atoms with van der Waals surface area (Å²) in [6, 6.07) is 5.82. The molecule has 21 heavy (non-hydrogen) atoms. The molecule has 0 bridgehead atoms. The summed E-state index contributed by atoms with van der Waals surface area (Å²) in [5.74, 6) is 0.522. The van der Waals surface area contributed by atoms with E-state index in [-0.39, 0.29) is 5.97 Å². The molecule has 0 spiro atoms. The first-order valence-corrected chi connectivity index (χ1v) is 7.42. The van der Waals surface area contributed by atoms with E-state index in [1.165, 1.54) is 7.11 Å². The van der Waals surface area contributed by atoms with Crippen molar-refractivity contribution in [3.63, 3.8) is 0 Å². The lowest BCUT2D eigenvalue weighted by Gasteiger charge is -2.12. The number of rotatable bonds is 6. The topological polar surface area (TPSA) is 56.2 Å². The van der Waals surface area contributed by atoms with E-state index in [2.05, 4.69) is 35.6 Å². The third kappa shape index (κ3) is 3.35. The van der Waals surface area contributed by atoms with Gasteiger partial charge in [-0.3, -0.25) is 0 Å². The number of aromatic nitrogens is 2. The standard InChI is InChI=1S/C16H23N3O2/c1-5-6-9-19-14-8-7-12(15(20)21-4)10-13(14)18-16(19)17-11(2)3/h7-8,10-11H,5-6,9H2,1-4H3,(H,17,18). The number of esters is 1. The van der Waals surface area contributed by atoms with E-state index < -0.39 is 0 Å². The number of fused-ring (bicyclic) bond motifs is 1. The first-order valence-electron chi connectivity index (χ1n) is 7.42. The van der Waals surface area contributed by atoms with Crippen molar-refractivity contribution in [2.24, 2.45) is 0 Å². The van der Waals surface area contributed by atoms with E-state index >= 15 is 0 Å². The number of unbranched alkanes of at least 4 members (excludes halogenated alkanes) is 1. The minimum absolute atomic E-state index is 0.308. The Morgan fingerprint density at radius 3 is 2.81 bits per heavy atom. The number of methoxy groups -OCH3 is 1. The van der Waals surface area contributed by atoms with Crippen molar-refractivity contribution in [3.8, 4) is 0 Å². The van der Waals surface area contributed by atoms with Crippen LogP contribution < -0.4 is 5.32 Å². The molecule has 0 aliphatic carbocycles. The van der Waals surface area contributed by atoms with Gasteiger partial charge in [0.25, 0.3) is 0 Å². The van der Waals surface area contributed by atoms with Gasteiger partial charge in [-0.25, -0.2) is 9.78 Å². The van der Waals surface area contributed by atoms with Crippen molar-refractivity contribution in [2.45, 2.75) is 46.2 Å². The first kappa shape index (κ1) is 15.4. The van der Waals surface area contributed by atoms with Crippen molar-refractivity contribution in [1.29, 1.82) is 0 Å². The summed E-state index contributed by atoms with van der Waals surface area (Å²) in [6.07, 6.45) is 2.22. The molecule has 0 aliphatic heterocycles.